The first-order valence-corrected chi connectivity index (χ1v) is 24.1. The molecule has 0 bridgehead atoms. The Labute approximate surface area is 347 Å². The van der Waals surface area contributed by atoms with E-state index in [1.54, 1.807) is 0 Å². The summed E-state index contributed by atoms with van der Waals surface area (Å²) in [6.07, 6.45) is 45.0. The third-order valence-corrected chi connectivity index (χ3v) is 10.4. The molecule has 0 heterocycles. The molecule has 0 aliphatic carbocycles. The third-order valence-electron chi connectivity index (χ3n) is 9.49. The Kier molecular flexibility index (Phi) is 40.5. The SMILES string of the molecule is CCCCC/C=C/C/C=C/C/C=C/C/C=C/CCCCCC(=O)OC[C@H](COP(=O)(O)OC[C@@H](O)CO)OC(=O)CCCCCCCCCCCCCCCCC. The number of hydrogen-bond acceptors (Lipinski definition) is 9. The first-order valence-electron chi connectivity index (χ1n) is 22.6. The molecule has 3 atom stereocenters. The van der Waals surface area contributed by atoms with Gasteiger partial charge in [0.1, 0.15) is 12.7 Å². The van der Waals surface area contributed by atoms with Crippen molar-refractivity contribution in [1.29, 1.82) is 0 Å². The second kappa shape index (κ2) is 42.1. The molecule has 0 aromatic rings. The summed E-state index contributed by atoms with van der Waals surface area (Å²) in [6.45, 7) is 2.33. The van der Waals surface area contributed by atoms with Crippen LogP contribution in [0.5, 0.6) is 0 Å². The van der Waals surface area contributed by atoms with Gasteiger partial charge in [0.2, 0.25) is 0 Å². The highest BCUT2D eigenvalue weighted by molar-refractivity contribution is 7.47. The van der Waals surface area contributed by atoms with Crippen LogP contribution in [0.4, 0.5) is 0 Å². The molecule has 0 aromatic heterocycles. The highest BCUT2D eigenvalue weighted by atomic mass is 31.2. The molecule has 332 valence electrons. The summed E-state index contributed by atoms with van der Waals surface area (Å²) < 4.78 is 32.7. The zero-order valence-electron chi connectivity index (χ0n) is 36.0. The van der Waals surface area contributed by atoms with Gasteiger partial charge in [-0.15, -0.1) is 0 Å². The molecule has 0 saturated carbocycles. The maximum absolute atomic E-state index is 12.6. The molecule has 0 aromatic carbocycles. The number of unbranched alkanes of at least 4 members (excludes halogenated alkanes) is 20. The van der Waals surface area contributed by atoms with E-state index < -0.39 is 51.8 Å². The van der Waals surface area contributed by atoms with Crippen LogP contribution >= 0.6 is 7.82 Å². The Morgan fingerprint density at radius 3 is 1.40 bits per heavy atom. The van der Waals surface area contributed by atoms with Gasteiger partial charge < -0.3 is 24.6 Å². The van der Waals surface area contributed by atoms with Crippen LogP contribution in [0.15, 0.2) is 48.6 Å². The van der Waals surface area contributed by atoms with Crippen LogP contribution < -0.4 is 0 Å². The summed E-state index contributed by atoms with van der Waals surface area (Å²) in [6, 6.07) is 0. The molecule has 10 nitrogen and oxygen atoms in total. The van der Waals surface area contributed by atoms with Crippen LogP contribution in [0.25, 0.3) is 0 Å². The first-order chi connectivity index (χ1) is 27.7. The molecule has 0 rings (SSSR count). The van der Waals surface area contributed by atoms with Gasteiger partial charge in [-0.25, -0.2) is 4.57 Å². The van der Waals surface area contributed by atoms with Crippen molar-refractivity contribution in [2.24, 2.45) is 0 Å². The van der Waals surface area contributed by atoms with E-state index in [0.717, 1.165) is 57.8 Å². The van der Waals surface area contributed by atoms with Gasteiger partial charge in [0.05, 0.1) is 19.8 Å². The molecule has 0 aliphatic rings. The Hall–Kier alpha value is -2.07. The number of aliphatic hydroxyl groups excluding tert-OH is 2. The number of aliphatic hydroxyl groups is 2. The zero-order valence-corrected chi connectivity index (χ0v) is 36.9. The second-order valence-corrected chi connectivity index (χ2v) is 16.5. The number of rotatable bonds is 42. The van der Waals surface area contributed by atoms with Gasteiger partial charge in [-0.3, -0.25) is 18.6 Å². The minimum Gasteiger partial charge on any atom is -0.462 e. The van der Waals surface area contributed by atoms with E-state index in [1.165, 1.54) is 96.3 Å². The lowest BCUT2D eigenvalue weighted by atomic mass is 10.0. The fourth-order valence-corrected chi connectivity index (χ4v) is 6.77. The van der Waals surface area contributed by atoms with E-state index in [9.17, 15) is 24.2 Å². The van der Waals surface area contributed by atoms with Crippen molar-refractivity contribution >= 4 is 19.8 Å². The maximum Gasteiger partial charge on any atom is 0.472 e. The summed E-state index contributed by atoms with van der Waals surface area (Å²) >= 11 is 0. The van der Waals surface area contributed by atoms with E-state index in [2.05, 4.69) is 62.5 Å². The van der Waals surface area contributed by atoms with Crippen LogP contribution in [0, 0.1) is 0 Å². The predicted molar refractivity (Wildman–Crippen MR) is 233 cm³/mol. The molecule has 57 heavy (non-hydrogen) atoms. The maximum atomic E-state index is 12.6. The fraction of sp³-hybridized carbons (Fsp3) is 0.783. The molecule has 0 amide bonds. The monoisotopic (exact) mass is 827 g/mol. The summed E-state index contributed by atoms with van der Waals surface area (Å²) in [5.74, 6) is -0.957. The molecule has 3 N–H and O–H groups in total. The van der Waals surface area contributed by atoms with Crippen LogP contribution in [0.1, 0.15) is 194 Å². The zero-order chi connectivity index (χ0) is 41.9. The van der Waals surface area contributed by atoms with Crippen molar-refractivity contribution in [1.82, 2.24) is 0 Å². The summed E-state index contributed by atoms with van der Waals surface area (Å²) in [5.41, 5.74) is 0. The number of hydrogen-bond donors (Lipinski definition) is 3. The summed E-state index contributed by atoms with van der Waals surface area (Å²) in [7, 11) is -4.62. The Balaban J connectivity index is 4.33. The van der Waals surface area contributed by atoms with Crippen molar-refractivity contribution < 1.29 is 47.8 Å². The lowest BCUT2D eigenvalue weighted by molar-refractivity contribution is -0.161. The number of allylic oxidation sites excluding steroid dienone is 8. The molecule has 1 unspecified atom stereocenters. The average Bonchev–Trinajstić information content (AvgIpc) is 3.20. The topological polar surface area (TPSA) is 149 Å². The fourth-order valence-electron chi connectivity index (χ4n) is 5.98. The van der Waals surface area contributed by atoms with Crippen molar-refractivity contribution in [2.45, 2.75) is 206 Å². The third kappa shape index (κ3) is 41.9. The smallest absolute Gasteiger partial charge is 0.462 e. The second-order valence-electron chi connectivity index (χ2n) is 15.1. The van der Waals surface area contributed by atoms with Crippen molar-refractivity contribution in [2.75, 3.05) is 26.4 Å². The summed E-state index contributed by atoms with van der Waals surface area (Å²) in [5, 5.41) is 18.3. The lowest BCUT2D eigenvalue weighted by Gasteiger charge is -2.20. The molecule has 0 radical (unpaired) electrons. The molecule has 0 spiro atoms. The minimum atomic E-state index is -4.62. The standard InChI is InChI=1S/C46H83O10P/c1-3-5-7-9-11-13-15-17-19-20-21-22-24-25-27-29-31-33-35-37-45(49)53-41-44(42-55-57(51,52)54-40-43(48)39-47)56-46(50)38-36-34-32-30-28-26-23-18-16-14-12-10-8-6-4-2/h11,13,17,19,21-22,25,27,43-44,47-48H,3-10,12,14-16,18,20,23-24,26,28-42H2,1-2H3,(H,51,52)/b13-11+,19-17+,22-21+,27-25+/t43-,44+/m0/s1. The molecule has 0 aliphatic heterocycles. The van der Waals surface area contributed by atoms with Crippen LogP contribution in [-0.4, -0.2) is 65.7 Å². The van der Waals surface area contributed by atoms with E-state index >= 15 is 0 Å². The molecular formula is C46H83O10P. The minimum absolute atomic E-state index is 0.179. The number of ether oxygens (including phenoxy) is 2. The lowest BCUT2D eigenvalue weighted by Crippen LogP contribution is -2.29. The van der Waals surface area contributed by atoms with E-state index in [4.69, 9.17) is 23.6 Å². The van der Waals surface area contributed by atoms with Gasteiger partial charge in [-0.1, -0.05) is 172 Å². The van der Waals surface area contributed by atoms with E-state index in [1.807, 2.05) is 0 Å². The quantitative estimate of drug-likeness (QED) is 0.0235. The average molecular weight is 827 g/mol. The van der Waals surface area contributed by atoms with Crippen molar-refractivity contribution in [3.8, 4) is 0 Å². The van der Waals surface area contributed by atoms with Gasteiger partial charge in [0, 0.05) is 12.8 Å². The predicted octanol–water partition coefficient (Wildman–Crippen LogP) is 12.1. The van der Waals surface area contributed by atoms with Crippen molar-refractivity contribution in [3.63, 3.8) is 0 Å². The van der Waals surface area contributed by atoms with Gasteiger partial charge >= 0.3 is 19.8 Å². The Morgan fingerprint density at radius 1 is 0.526 bits per heavy atom. The highest BCUT2D eigenvalue weighted by Crippen LogP contribution is 2.43. The summed E-state index contributed by atoms with van der Waals surface area (Å²) in [4.78, 5) is 35.0. The normalized spacial score (nSPS) is 14.3. The number of carbonyl (C=O) groups excluding carboxylic acids is 2. The van der Waals surface area contributed by atoms with Gasteiger partial charge in [-0.05, 0) is 57.8 Å². The van der Waals surface area contributed by atoms with Crippen molar-refractivity contribution in [3.05, 3.63) is 48.6 Å². The first kappa shape index (κ1) is 54.9. The van der Waals surface area contributed by atoms with Gasteiger partial charge in [-0.2, -0.15) is 0 Å². The number of phosphoric ester groups is 1. The van der Waals surface area contributed by atoms with Crippen LogP contribution in [-0.2, 0) is 32.7 Å². The van der Waals surface area contributed by atoms with Gasteiger partial charge in [0.25, 0.3) is 0 Å². The molecule has 0 saturated heterocycles. The van der Waals surface area contributed by atoms with Crippen LogP contribution in [0.3, 0.4) is 0 Å². The largest absolute Gasteiger partial charge is 0.472 e. The van der Waals surface area contributed by atoms with Crippen LogP contribution in [0.2, 0.25) is 0 Å². The molecule has 11 heteroatoms. The number of phosphoric acid groups is 1. The Bertz CT molecular complexity index is 1090. The van der Waals surface area contributed by atoms with Gasteiger partial charge in [0.15, 0.2) is 6.10 Å². The van der Waals surface area contributed by atoms with E-state index in [-0.39, 0.29) is 19.4 Å². The molecular weight excluding hydrogens is 743 g/mol. The Morgan fingerprint density at radius 2 is 0.912 bits per heavy atom. The molecule has 0 fully saturated rings. The highest BCUT2D eigenvalue weighted by Gasteiger charge is 2.27. The number of carbonyl (C=O) groups is 2. The van der Waals surface area contributed by atoms with E-state index in [0.29, 0.717) is 12.8 Å². The number of esters is 2.